The second kappa shape index (κ2) is 3.55. The van der Waals surface area contributed by atoms with Gasteiger partial charge < -0.3 is 9.52 Å². The normalized spacial score (nSPS) is 14.9. The number of hydrogen-bond acceptors (Lipinski definition) is 2. The van der Waals surface area contributed by atoms with Crippen LogP contribution in [0.1, 0.15) is 23.8 Å². The predicted octanol–water partition coefficient (Wildman–Crippen LogP) is 2.84. The van der Waals surface area contributed by atoms with Crippen molar-refractivity contribution in [1.82, 2.24) is 0 Å². The zero-order valence-corrected chi connectivity index (χ0v) is 8.90. The Kier molecular flexibility index (Phi) is 2.37. The van der Waals surface area contributed by atoms with Crippen molar-refractivity contribution in [3.8, 4) is 0 Å². The minimum absolute atomic E-state index is 0.561. The van der Waals surface area contributed by atoms with Gasteiger partial charge in [-0.15, -0.1) is 0 Å². The Hall–Kier alpha value is -1.54. The van der Waals surface area contributed by atoms with Crippen LogP contribution in [0.2, 0.25) is 0 Å². The molecule has 0 radical (unpaired) electrons. The van der Waals surface area contributed by atoms with Crippen molar-refractivity contribution >= 4 is 0 Å². The lowest BCUT2D eigenvalue weighted by atomic mass is 9.93. The van der Waals surface area contributed by atoms with E-state index >= 15 is 0 Å². The molecule has 0 spiro atoms. The predicted molar refractivity (Wildman–Crippen MR) is 58.6 cm³/mol. The van der Waals surface area contributed by atoms with Crippen LogP contribution >= 0.6 is 0 Å². The molecule has 0 unspecified atom stereocenters. The van der Waals surface area contributed by atoms with Crippen molar-refractivity contribution in [3.63, 3.8) is 0 Å². The maximum atomic E-state index is 10.3. The van der Waals surface area contributed by atoms with E-state index in [2.05, 4.69) is 0 Å². The quantitative estimate of drug-likeness (QED) is 0.812. The van der Waals surface area contributed by atoms with E-state index in [1.165, 1.54) is 5.56 Å². The number of rotatable bonds is 2. The second-order valence-corrected chi connectivity index (χ2v) is 3.92. The summed E-state index contributed by atoms with van der Waals surface area (Å²) in [5.41, 5.74) is 0.953. The van der Waals surface area contributed by atoms with E-state index in [-0.39, 0.29) is 0 Å². The number of benzene rings is 1. The molecule has 78 valence electrons. The summed E-state index contributed by atoms with van der Waals surface area (Å²) in [5, 5.41) is 10.3. The lowest BCUT2D eigenvalue weighted by Gasteiger charge is -2.21. The Labute approximate surface area is 89.2 Å². The molecule has 0 saturated heterocycles. The highest BCUT2D eigenvalue weighted by atomic mass is 16.4. The first-order valence-electron chi connectivity index (χ1n) is 4.94. The molecule has 1 N–H and O–H groups in total. The van der Waals surface area contributed by atoms with E-state index < -0.39 is 5.60 Å². The Bertz CT molecular complexity index is 424. The van der Waals surface area contributed by atoms with Gasteiger partial charge in [0.15, 0.2) is 0 Å². The zero-order chi connectivity index (χ0) is 10.9. The summed E-state index contributed by atoms with van der Waals surface area (Å²) < 4.78 is 5.23. The van der Waals surface area contributed by atoms with Gasteiger partial charge in [0.2, 0.25) is 0 Å². The summed E-state index contributed by atoms with van der Waals surface area (Å²) in [7, 11) is 0. The summed E-state index contributed by atoms with van der Waals surface area (Å²) in [5.74, 6) is 0.561. The molecule has 2 aromatic rings. The summed E-state index contributed by atoms with van der Waals surface area (Å²) in [6, 6.07) is 11.3. The van der Waals surface area contributed by atoms with Gasteiger partial charge in [0.1, 0.15) is 11.4 Å². The Morgan fingerprint density at radius 3 is 2.33 bits per heavy atom. The standard InChI is InChI=1S/C13H14O2/c1-10-5-7-11(8-6-10)13(2,14)12-4-3-9-15-12/h3-9,14H,1-2H3/t13-/m1/s1. The number of aliphatic hydroxyl groups is 1. The molecule has 1 heterocycles. The molecule has 1 aromatic heterocycles. The molecule has 0 aliphatic heterocycles. The summed E-state index contributed by atoms with van der Waals surface area (Å²) in [4.78, 5) is 0. The van der Waals surface area contributed by atoms with Crippen LogP contribution in [0.3, 0.4) is 0 Å². The molecule has 15 heavy (non-hydrogen) atoms. The fourth-order valence-corrected chi connectivity index (χ4v) is 1.58. The van der Waals surface area contributed by atoms with Gasteiger partial charge >= 0.3 is 0 Å². The van der Waals surface area contributed by atoms with E-state index in [1.807, 2.05) is 31.2 Å². The minimum Gasteiger partial charge on any atom is -0.466 e. The SMILES string of the molecule is Cc1ccc([C@@](C)(O)c2ccco2)cc1. The average molecular weight is 202 g/mol. The molecule has 1 aromatic carbocycles. The first-order chi connectivity index (χ1) is 7.10. The van der Waals surface area contributed by atoms with Gasteiger partial charge in [-0.3, -0.25) is 0 Å². The Morgan fingerprint density at radius 2 is 1.80 bits per heavy atom. The van der Waals surface area contributed by atoms with E-state index in [4.69, 9.17) is 4.42 Å². The van der Waals surface area contributed by atoms with Crippen LogP contribution in [0.5, 0.6) is 0 Å². The van der Waals surface area contributed by atoms with Crippen LogP contribution in [-0.4, -0.2) is 5.11 Å². The van der Waals surface area contributed by atoms with Gasteiger partial charge in [0, 0.05) is 0 Å². The van der Waals surface area contributed by atoms with Crippen molar-refractivity contribution in [1.29, 1.82) is 0 Å². The van der Waals surface area contributed by atoms with E-state index in [0.717, 1.165) is 5.56 Å². The van der Waals surface area contributed by atoms with Gasteiger partial charge in [-0.1, -0.05) is 29.8 Å². The average Bonchev–Trinajstić information content (AvgIpc) is 2.71. The first kappa shape index (κ1) is 9.99. The van der Waals surface area contributed by atoms with Crippen molar-refractivity contribution in [3.05, 3.63) is 59.5 Å². The molecule has 0 bridgehead atoms. The largest absolute Gasteiger partial charge is 0.466 e. The maximum absolute atomic E-state index is 10.3. The van der Waals surface area contributed by atoms with Crippen molar-refractivity contribution < 1.29 is 9.52 Å². The summed E-state index contributed by atoms with van der Waals surface area (Å²) in [6.07, 6.45) is 1.57. The molecular weight excluding hydrogens is 188 g/mol. The molecule has 0 fully saturated rings. The lowest BCUT2D eigenvalue weighted by Crippen LogP contribution is -2.21. The molecule has 0 saturated carbocycles. The third kappa shape index (κ3) is 1.81. The van der Waals surface area contributed by atoms with Crippen molar-refractivity contribution in [2.24, 2.45) is 0 Å². The van der Waals surface area contributed by atoms with Gasteiger partial charge in [0.25, 0.3) is 0 Å². The Balaban J connectivity index is 2.41. The van der Waals surface area contributed by atoms with Crippen LogP contribution in [-0.2, 0) is 5.60 Å². The van der Waals surface area contributed by atoms with Crippen LogP contribution in [0.25, 0.3) is 0 Å². The molecule has 0 aliphatic carbocycles. The van der Waals surface area contributed by atoms with Crippen LogP contribution in [0, 0.1) is 6.92 Å². The minimum atomic E-state index is -1.06. The van der Waals surface area contributed by atoms with Gasteiger partial charge in [-0.25, -0.2) is 0 Å². The molecular formula is C13H14O2. The number of furan rings is 1. The first-order valence-corrected chi connectivity index (χ1v) is 4.94. The highest BCUT2D eigenvalue weighted by Crippen LogP contribution is 2.29. The van der Waals surface area contributed by atoms with Crippen molar-refractivity contribution in [2.75, 3.05) is 0 Å². The van der Waals surface area contributed by atoms with Crippen LogP contribution in [0.4, 0.5) is 0 Å². The molecule has 0 amide bonds. The zero-order valence-electron chi connectivity index (χ0n) is 8.90. The summed E-state index contributed by atoms with van der Waals surface area (Å²) in [6.45, 7) is 3.75. The van der Waals surface area contributed by atoms with E-state index in [1.54, 1.807) is 25.3 Å². The number of hydrogen-bond donors (Lipinski definition) is 1. The topological polar surface area (TPSA) is 33.4 Å². The van der Waals surface area contributed by atoms with Crippen molar-refractivity contribution in [2.45, 2.75) is 19.4 Å². The highest BCUT2D eigenvalue weighted by molar-refractivity contribution is 5.31. The third-order valence-corrected chi connectivity index (χ3v) is 2.61. The van der Waals surface area contributed by atoms with Gasteiger partial charge in [-0.05, 0) is 31.5 Å². The molecule has 0 aliphatic rings. The Morgan fingerprint density at radius 1 is 1.13 bits per heavy atom. The monoisotopic (exact) mass is 202 g/mol. The molecule has 2 nitrogen and oxygen atoms in total. The van der Waals surface area contributed by atoms with Crippen LogP contribution in [0.15, 0.2) is 47.1 Å². The summed E-state index contributed by atoms with van der Waals surface area (Å²) >= 11 is 0. The fourth-order valence-electron chi connectivity index (χ4n) is 1.58. The van der Waals surface area contributed by atoms with Crippen LogP contribution < -0.4 is 0 Å². The lowest BCUT2D eigenvalue weighted by molar-refractivity contribution is 0.0767. The maximum Gasteiger partial charge on any atom is 0.144 e. The second-order valence-electron chi connectivity index (χ2n) is 3.92. The van der Waals surface area contributed by atoms with E-state index in [0.29, 0.717) is 5.76 Å². The smallest absolute Gasteiger partial charge is 0.144 e. The third-order valence-electron chi connectivity index (χ3n) is 2.61. The molecule has 2 heteroatoms. The molecule has 2 rings (SSSR count). The van der Waals surface area contributed by atoms with Gasteiger partial charge in [0.05, 0.1) is 6.26 Å². The van der Waals surface area contributed by atoms with E-state index in [9.17, 15) is 5.11 Å². The van der Waals surface area contributed by atoms with Gasteiger partial charge in [-0.2, -0.15) is 0 Å². The molecule has 1 atom stereocenters. The fraction of sp³-hybridized carbons (Fsp3) is 0.231. The highest BCUT2D eigenvalue weighted by Gasteiger charge is 2.28. The number of aryl methyl sites for hydroxylation is 1.